The van der Waals surface area contributed by atoms with Crippen molar-refractivity contribution < 1.29 is 27.3 Å². The fourth-order valence-corrected chi connectivity index (χ4v) is 4.70. The number of aryl methyl sites for hydroxylation is 1. The van der Waals surface area contributed by atoms with E-state index in [-0.39, 0.29) is 34.9 Å². The van der Waals surface area contributed by atoms with E-state index in [9.17, 15) is 18.0 Å². The molecular weight excluding hydrogens is 396 g/mol. The van der Waals surface area contributed by atoms with Gasteiger partial charge in [0.2, 0.25) is 0 Å². The van der Waals surface area contributed by atoms with E-state index in [0.717, 1.165) is 0 Å². The van der Waals surface area contributed by atoms with Gasteiger partial charge in [0, 0.05) is 5.56 Å². The molecule has 29 heavy (non-hydrogen) atoms. The lowest BCUT2D eigenvalue weighted by Crippen LogP contribution is -2.33. The highest BCUT2D eigenvalue weighted by Crippen LogP contribution is 2.30. The molecule has 0 bridgehead atoms. The average molecular weight is 412 g/mol. The Kier molecular flexibility index (Phi) is 4.67. The number of hydrogen-bond donors (Lipinski definition) is 0. The number of carbonyl (C=O) groups is 2. The number of carbonyl (C=O) groups excluding carboxylic acids is 2. The van der Waals surface area contributed by atoms with Gasteiger partial charge >= 0.3 is 5.97 Å². The molecule has 9 heteroatoms. The van der Waals surface area contributed by atoms with Gasteiger partial charge in [-0.3, -0.25) is 4.79 Å². The van der Waals surface area contributed by atoms with Gasteiger partial charge in [-0.2, -0.15) is 0 Å². The number of esters is 1. The first kappa shape index (κ1) is 18.9. The Morgan fingerprint density at radius 1 is 1.10 bits per heavy atom. The molecule has 0 saturated heterocycles. The van der Waals surface area contributed by atoms with Gasteiger partial charge in [0.25, 0.3) is 15.9 Å². The number of nitrogens with zero attached hydrogens (tertiary/aromatic N) is 2. The lowest BCUT2D eigenvalue weighted by atomic mass is 10.1. The molecule has 0 N–H and O–H groups in total. The second-order valence-electron chi connectivity index (χ2n) is 6.34. The monoisotopic (exact) mass is 412 g/mol. The molecule has 8 nitrogen and oxygen atoms in total. The van der Waals surface area contributed by atoms with Gasteiger partial charge in [-0.25, -0.2) is 17.5 Å². The summed E-state index contributed by atoms with van der Waals surface area (Å²) in [6, 6.07) is 15.0. The molecule has 1 aromatic heterocycles. The third kappa shape index (κ3) is 3.19. The summed E-state index contributed by atoms with van der Waals surface area (Å²) in [5.41, 5.74) is 1.30. The highest BCUT2D eigenvalue weighted by molar-refractivity contribution is 7.90. The van der Waals surface area contributed by atoms with Crippen LogP contribution >= 0.6 is 0 Å². The third-order valence-electron chi connectivity index (χ3n) is 4.55. The van der Waals surface area contributed by atoms with E-state index >= 15 is 0 Å². The Hall–Kier alpha value is -3.46. The standard InChI is InChI=1S/C20H16N2O6S/c1-13-17(18(21-28-13)14-7-3-2-4-8-14)20(24)27-12-11-22-19(23)15-9-5-6-10-16(15)29(22,25)26/h2-10H,11-12H2,1H3. The Balaban J connectivity index is 1.49. The lowest BCUT2D eigenvalue weighted by molar-refractivity contribution is 0.0476. The zero-order chi connectivity index (χ0) is 20.6. The highest BCUT2D eigenvalue weighted by Gasteiger charge is 2.40. The summed E-state index contributed by atoms with van der Waals surface area (Å²) in [5.74, 6) is -1.06. The van der Waals surface area contributed by atoms with E-state index in [0.29, 0.717) is 15.6 Å². The molecule has 1 amide bonds. The van der Waals surface area contributed by atoms with Crippen LogP contribution in [0.3, 0.4) is 0 Å². The van der Waals surface area contributed by atoms with E-state index in [1.165, 1.54) is 12.1 Å². The number of sulfonamides is 1. The van der Waals surface area contributed by atoms with Crippen molar-refractivity contribution in [2.24, 2.45) is 0 Å². The molecule has 0 unspecified atom stereocenters. The van der Waals surface area contributed by atoms with Crippen LogP contribution in [-0.4, -0.2) is 42.9 Å². The average Bonchev–Trinajstić information content (AvgIpc) is 3.20. The zero-order valence-corrected chi connectivity index (χ0v) is 16.2. The molecule has 148 valence electrons. The molecule has 0 spiro atoms. The Morgan fingerprint density at radius 2 is 1.79 bits per heavy atom. The van der Waals surface area contributed by atoms with Crippen molar-refractivity contribution >= 4 is 21.9 Å². The molecule has 0 atom stereocenters. The van der Waals surface area contributed by atoms with Crippen molar-refractivity contribution in [3.8, 4) is 11.3 Å². The predicted octanol–water partition coefficient (Wildman–Crippen LogP) is 2.65. The van der Waals surface area contributed by atoms with Gasteiger partial charge in [0.1, 0.15) is 28.5 Å². The summed E-state index contributed by atoms with van der Waals surface area (Å²) in [6.07, 6.45) is 0. The van der Waals surface area contributed by atoms with Crippen molar-refractivity contribution in [1.29, 1.82) is 0 Å². The topological polar surface area (TPSA) is 107 Å². The SMILES string of the molecule is Cc1onc(-c2ccccc2)c1C(=O)OCCN1C(=O)c2ccccc2S1(=O)=O. The van der Waals surface area contributed by atoms with Crippen LogP contribution in [0.2, 0.25) is 0 Å². The second kappa shape index (κ2) is 7.17. The minimum atomic E-state index is -3.95. The minimum Gasteiger partial charge on any atom is -0.460 e. The first-order valence-electron chi connectivity index (χ1n) is 8.76. The molecule has 4 rings (SSSR count). The van der Waals surface area contributed by atoms with Crippen molar-refractivity contribution in [3.63, 3.8) is 0 Å². The molecular formula is C20H16N2O6S. The van der Waals surface area contributed by atoms with Gasteiger partial charge in [-0.15, -0.1) is 0 Å². The number of hydrogen-bond acceptors (Lipinski definition) is 7. The maximum Gasteiger partial charge on any atom is 0.344 e. The van der Waals surface area contributed by atoms with Gasteiger partial charge < -0.3 is 9.26 Å². The molecule has 3 aromatic rings. The highest BCUT2D eigenvalue weighted by atomic mass is 32.2. The van der Waals surface area contributed by atoms with Crippen LogP contribution in [0.4, 0.5) is 0 Å². The Bertz CT molecular complexity index is 1200. The summed E-state index contributed by atoms with van der Waals surface area (Å²) in [7, 11) is -3.95. The van der Waals surface area contributed by atoms with Crippen molar-refractivity contribution in [2.75, 3.05) is 13.2 Å². The van der Waals surface area contributed by atoms with Crippen LogP contribution in [-0.2, 0) is 14.8 Å². The van der Waals surface area contributed by atoms with E-state index in [1.54, 1.807) is 43.3 Å². The van der Waals surface area contributed by atoms with Gasteiger partial charge in [0.15, 0.2) is 0 Å². The number of amides is 1. The number of benzene rings is 2. The fraction of sp³-hybridized carbons (Fsp3) is 0.150. The lowest BCUT2D eigenvalue weighted by Gasteiger charge is -2.15. The first-order valence-corrected chi connectivity index (χ1v) is 10.2. The number of fused-ring (bicyclic) bond motifs is 1. The van der Waals surface area contributed by atoms with E-state index in [4.69, 9.17) is 9.26 Å². The molecule has 1 aliphatic rings. The fourth-order valence-electron chi connectivity index (χ4n) is 3.15. The van der Waals surface area contributed by atoms with Crippen molar-refractivity contribution in [2.45, 2.75) is 11.8 Å². The third-order valence-corrected chi connectivity index (χ3v) is 6.39. The van der Waals surface area contributed by atoms with Gasteiger partial charge in [0.05, 0.1) is 12.1 Å². The summed E-state index contributed by atoms with van der Waals surface area (Å²) in [5, 5.41) is 3.92. The van der Waals surface area contributed by atoms with E-state index < -0.39 is 21.9 Å². The van der Waals surface area contributed by atoms with E-state index in [2.05, 4.69) is 5.16 Å². The predicted molar refractivity (Wildman–Crippen MR) is 102 cm³/mol. The van der Waals surface area contributed by atoms with E-state index in [1.807, 2.05) is 6.07 Å². The maximum absolute atomic E-state index is 12.6. The summed E-state index contributed by atoms with van der Waals surface area (Å²) in [6.45, 7) is 1.00. The molecule has 2 heterocycles. The Morgan fingerprint density at radius 3 is 2.52 bits per heavy atom. The number of ether oxygens (including phenoxy) is 1. The Labute approximate surface area is 166 Å². The largest absolute Gasteiger partial charge is 0.460 e. The molecule has 0 fully saturated rings. The summed E-state index contributed by atoms with van der Waals surface area (Å²) < 4.78 is 36.1. The van der Waals surface area contributed by atoms with Crippen LogP contribution in [0.15, 0.2) is 64.0 Å². The van der Waals surface area contributed by atoms with Crippen LogP contribution in [0.1, 0.15) is 26.5 Å². The zero-order valence-electron chi connectivity index (χ0n) is 15.4. The molecule has 0 aliphatic carbocycles. The first-order chi connectivity index (χ1) is 13.9. The van der Waals surface area contributed by atoms with Crippen molar-refractivity contribution in [3.05, 3.63) is 71.5 Å². The summed E-state index contributed by atoms with van der Waals surface area (Å²) >= 11 is 0. The number of rotatable bonds is 5. The van der Waals surface area contributed by atoms with Crippen LogP contribution in [0.25, 0.3) is 11.3 Å². The molecule has 1 aliphatic heterocycles. The van der Waals surface area contributed by atoms with Crippen LogP contribution < -0.4 is 0 Å². The van der Waals surface area contributed by atoms with Crippen LogP contribution in [0, 0.1) is 6.92 Å². The van der Waals surface area contributed by atoms with Gasteiger partial charge in [-0.1, -0.05) is 47.6 Å². The molecule has 2 aromatic carbocycles. The van der Waals surface area contributed by atoms with Crippen LogP contribution in [0.5, 0.6) is 0 Å². The molecule has 0 radical (unpaired) electrons. The molecule has 0 saturated carbocycles. The minimum absolute atomic E-state index is 0.0439. The number of aromatic nitrogens is 1. The van der Waals surface area contributed by atoms with Gasteiger partial charge in [-0.05, 0) is 19.1 Å². The van der Waals surface area contributed by atoms with Crippen molar-refractivity contribution in [1.82, 2.24) is 9.46 Å². The summed E-state index contributed by atoms with van der Waals surface area (Å²) in [4.78, 5) is 24.9. The maximum atomic E-state index is 12.6. The smallest absolute Gasteiger partial charge is 0.344 e. The quantitative estimate of drug-likeness (QED) is 0.593. The normalized spacial score (nSPS) is 14.7. The second-order valence-corrected chi connectivity index (χ2v) is 8.17.